The number of benzene rings is 2. The molecule has 0 saturated carbocycles. The molecule has 42 heavy (non-hydrogen) atoms. The topological polar surface area (TPSA) is 130 Å². The monoisotopic (exact) mass is 569 g/mol. The second-order valence-electron chi connectivity index (χ2n) is 11.2. The number of hydrogen-bond acceptors (Lipinski definition) is 8. The van der Waals surface area contributed by atoms with Gasteiger partial charge >= 0.3 is 0 Å². The first kappa shape index (κ1) is 27.5. The zero-order valence-corrected chi connectivity index (χ0v) is 23.5. The number of methoxy groups -OCH3 is 2. The molecule has 9 nitrogen and oxygen atoms in total. The van der Waals surface area contributed by atoms with Gasteiger partial charge < -0.3 is 19.7 Å². The van der Waals surface area contributed by atoms with Crippen molar-refractivity contribution in [2.45, 2.75) is 32.1 Å². The number of carbonyl (C=O) groups is 4. The molecule has 216 valence electrons. The van der Waals surface area contributed by atoms with E-state index in [1.165, 1.54) is 25.2 Å². The quantitative estimate of drug-likeness (QED) is 0.305. The third-order valence-corrected chi connectivity index (χ3v) is 9.05. The van der Waals surface area contributed by atoms with Crippen molar-refractivity contribution in [2.24, 2.45) is 17.8 Å². The maximum Gasteiger partial charge on any atom is 0.233 e. The van der Waals surface area contributed by atoms with Crippen LogP contribution >= 0.6 is 0 Å². The van der Waals surface area contributed by atoms with Gasteiger partial charge in [-0.2, -0.15) is 0 Å². The number of Topliss-reactive ketones (excluding diaryl/α,β-unsaturated/α-hetero) is 1. The Morgan fingerprint density at radius 3 is 2.24 bits per heavy atom. The predicted molar refractivity (Wildman–Crippen MR) is 151 cm³/mol. The first-order valence-electron chi connectivity index (χ1n) is 13.9. The summed E-state index contributed by atoms with van der Waals surface area (Å²) < 4.78 is 10.8. The number of phenols is 2. The van der Waals surface area contributed by atoms with Gasteiger partial charge in [-0.25, -0.2) is 0 Å². The Kier molecular flexibility index (Phi) is 6.75. The third kappa shape index (κ3) is 4.22. The van der Waals surface area contributed by atoms with Crippen LogP contribution in [0.5, 0.6) is 23.0 Å². The number of imide groups is 1. The summed E-state index contributed by atoms with van der Waals surface area (Å²) in [6.07, 6.45) is 4.26. The Morgan fingerprint density at radius 1 is 0.929 bits per heavy atom. The van der Waals surface area contributed by atoms with Gasteiger partial charge in [0.2, 0.25) is 17.6 Å². The van der Waals surface area contributed by atoms with Gasteiger partial charge in [0, 0.05) is 29.2 Å². The minimum Gasteiger partial charge on any atom is -0.508 e. The molecular formula is C33H31NO8. The number of rotatable bonds is 6. The highest BCUT2D eigenvalue weighted by Gasteiger charge is 2.56. The molecule has 2 amide bonds. The van der Waals surface area contributed by atoms with Gasteiger partial charge in [0.05, 0.1) is 26.1 Å². The van der Waals surface area contributed by atoms with Crippen molar-refractivity contribution in [2.75, 3.05) is 20.8 Å². The van der Waals surface area contributed by atoms with E-state index in [9.17, 15) is 29.4 Å². The van der Waals surface area contributed by atoms with Gasteiger partial charge in [0.1, 0.15) is 5.75 Å². The largest absolute Gasteiger partial charge is 0.508 e. The number of ether oxygens (including phenoxy) is 2. The molecule has 1 heterocycles. The summed E-state index contributed by atoms with van der Waals surface area (Å²) in [5.74, 6) is -3.13. The first-order valence-corrected chi connectivity index (χ1v) is 13.9. The summed E-state index contributed by atoms with van der Waals surface area (Å²) in [4.78, 5) is 55.7. The SMILES string of the molecule is COc1cc([C@H]2C3=CC[C@@H]4C(=O)N(CCc5ccc(O)cc5)C(=O)[C@@H]4[C@@H]3CC3=C2C(=O)C(C)=CC3=O)cc(OC)c1O. The lowest BCUT2D eigenvalue weighted by Gasteiger charge is -2.42. The van der Waals surface area contributed by atoms with Gasteiger partial charge in [-0.1, -0.05) is 23.8 Å². The van der Waals surface area contributed by atoms with Crippen molar-refractivity contribution in [3.8, 4) is 23.0 Å². The van der Waals surface area contributed by atoms with Crippen molar-refractivity contribution < 1.29 is 38.9 Å². The fourth-order valence-corrected chi connectivity index (χ4v) is 7.01. The van der Waals surface area contributed by atoms with Gasteiger partial charge in [0.25, 0.3) is 0 Å². The van der Waals surface area contributed by atoms with Gasteiger partial charge in [-0.05, 0) is 73.6 Å². The Bertz CT molecular complexity index is 1600. The molecule has 4 atom stereocenters. The van der Waals surface area contributed by atoms with Crippen LogP contribution in [0.3, 0.4) is 0 Å². The summed E-state index contributed by atoms with van der Waals surface area (Å²) in [5.41, 5.74) is 3.33. The molecular weight excluding hydrogens is 538 g/mol. The van der Waals surface area contributed by atoms with Crippen LogP contribution in [0.15, 0.2) is 70.8 Å². The number of nitrogens with zero attached hydrogens (tertiary/aromatic N) is 1. The van der Waals surface area contributed by atoms with E-state index < -0.39 is 23.7 Å². The number of likely N-dealkylation sites (tertiary alicyclic amines) is 1. The maximum absolute atomic E-state index is 13.9. The smallest absolute Gasteiger partial charge is 0.233 e. The highest BCUT2D eigenvalue weighted by molar-refractivity contribution is 6.23. The van der Waals surface area contributed by atoms with Crippen LogP contribution in [-0.4, -0.2) is 59.3 Å². The minimum atomic E-state index is -0.683. The molecule has 9 heteroatoms. The van der Waals surface area contributed by atoms with Gasteiger partial charge in [0.15, 0.2) is 23.1 Å². The zero-order chi connectivity index (χ0) is 29.9. The lowest BCUT2D eigenvalue weighted by atomic mass is 9.59. The molecule has 3 aliphatic carbocycles. The van der Waals surface area contributed by atoms with E-state index in [0.717, 1.165) is 11.1 Å². The van der Waals surface area contributed by atoms with Gasteiger partial charge in [-0.15, -0.1) is 0 Å². The number of aromatic hydroxyl groups is 2. The Morgan fingerprint density at radius 2 is 1.60 bits per heavy atom. The Hall–Kier alpha value is -4.66. The van der Waals surface area contributed by atoms with Crippen LogP contribution in [0.2, 0.25) is 0 Å². The Balaban J connectivity index is 1.41. The molecule has 1 fully saturated rings. The predicted octanol–water partition coefficient (Wildman–Crippen LogP) is 3.79. The van der Waals surface area contributed by atoms with Crippen LogP contribution in [0.1, 0.15) is 36.8 Å². The molecule has 0 spiro atoms. The number of allylic oxidation sites excluding steroid dienone is 6. The maximum atomic E-state index is 13.9. The van der Waals surface area contributed by atoms with E-state index >= 15 is 0 Å². The van der Waals surface area contributed by atoms with E-state index in [-0.39, 0.29) is 59.3 Å². The summed E-state index contributed by atoms with van der Waals surface area (Å²) in [5, 5.41) is 20.1. The third-order valence-electron chi connectivity index (χ3n) is 9.05. The van der Waals surface area contributed by atoms with Crippen LogP contribution in [0, 0.1) is 17.8 Å². The molecule has 0 unspecified atom stereocenters. The second-order valence-corrected chi connectivity index (χ2v) is 11.2. The zero-order valence-electron chi connectivity index (χ0n) is 23.5. The van der Waals surface area contributed by atoms with Crippen LogP contribution < -0.4 is 9.47 Å². The number of ketones is 2. The Labute approximate surface area is 242 Å². The van der Waals surface area contributed by atoms with E-state index in [2.05, 4.69) is 0 Å². The van der Waals surface area contributed by atoms with Crippen molar-refractivity contribution in [3.63, 3.8) is 0 Å². The fraction of sp³-hybridized carbons (Fsp3) is 0.333. The number of fused-ring (bicyclic) bond motifs is 3. The molecule has 0 aromatic heterocycles. The molecule has 6 rings (SSSR count). The standard InChI is InChI=1S/C33H31NO8/c1-16-12-24(36)23-15-22-20(27(29(23)30(16)37)18-13-25(41-2)31(38)26(14-18)42-3)8-9-21-28(22)33(40)34(32(21)39)11-10-17-4-6-19(35)7-5-17/h4-8,12-14,21-22,27-28,35,38H,9-11,15H2,1-3H3/t21-,22+,27-,28-/m0/s1. The normalized spacial score (nSPS) is 25.1. The average Bonchev–Trinajstić information content (AvgIpc) is 3.23. The van der Waals surface area contributed by atoms with Gasteiger partial charge in [-0.3, -0.25) is 24.1 Å². The number of phenolic OH excluding ortho intramolecular Hbond substituents is 2. The van der Waals surface area contributed by atoms with Crippen LogP contribution in [0.25, 0.3) is 0 Å². The highest BCUT2D eigenvalue weighted by Crippen LogP contribution is 2.56. The highest BCUT2D eigenvalue weighted by atomic mass is 16.5. The molecule has 2 aromatic carbocycles. The molecule has 0 radical (unpaired) electrons. The molecule has 2 aromatic rings. The van der Waals surface area contributed by atoms with E-state index in [0.29, 0.717) is 35.1 Å². The summed E-state index contributed by atoms with van der Waals surface area (Å²) in [6.45, 7) is 1.82. The van der Waals surface area contributed by atoms with Crippen molar-refractivity contribution in [3.05, 3.63) is 82.0 Å². The van der Waals surface area contributed by atoms with Crippen LogP contribution in [-0.2, 0) is 25.6 Å². The second kappa shape index (κ2) is 10.3. The summed E-state index contributed by atoms with van der Waals surface area (Å²) >= 11 is 0. The lowest BCUT2D eigenvalue weighted by Crippen LogP contribution is -2.40. The van der Waals surface area contributed by atoms with E-state index in [1.54, 1.807) is 43.3 Å². The summed E-state index contributed by atoms with van der Waals surface area (Å²) in [7, 11) is 2.82. The average molecular weight is 570 g/mol. The van der Waals surface area contributed by atoms with Crippen molar-refractivity contribution >= 4 is 23.4 Å². The van der Waals surface area contributed by atoms with Crippen molar-refractivity contribution in [1.29, 1.82) is 0 Å². The molecule has 2 N–H and O–H groups in total. The number of carbonyl (C=O) groups excluding carboxylic acids is 4. The molecule has 1 saturated heterocycles. The van der Waals surface area contributed by atoms with Crippen LogP contribution in [0.4, 0.5) is 0 Å². The molecule has 0 bridgehead atoms. The number of amides is 2. The minimum absolute atomic E-state index is 0.141. The fourth-order valence-electron chi connectivity index (χ4n) is 7.01. The van der Waals surface area contributed by atoms with E-state index in [4.69, 9.17) is 9.47 Å². The summed E-state index contributed by atoms with van der Waals surface area (Å²) in [6, 6.07) is 9.90. The number of hydrogen-bond donors (Lipinski definition) is 2. The lowest BCUT2D eigenvalue weighted by molar-refractivity contribution is -0.140. The molecule has 1 aliphatic heterocycles. The van der Waals surface area contributed by atoms with Crippen molar-refractivity contribution in [1.82, 2.24) is 4.90 Å². The van der Waals surface area contributed by atoms with E-state index in [1.807, 2.05) is 6.08 Å². The molecule has 4 aliphatic rings. The first-order chi connectivity index (χ1) is 20.1.